The predicted octanol–water partition coefficient (Wildman–Crippen LogP) is 3.37. The van der Waals surface area contributed by atoms with Gasteiger partial charge >= 0.3 is 0 Å². The number of benzene rings is 2. The lowest BCUT2D eigenvalue weighted by molar-refractivity contribution is 0.473. The summed E-state index contributed by atoms with van der Waals surface area (Å²) in [7, 11) is 0. The van der Waals surface area contributed by atoms with Crippen molar-refractivity contribution in [2.45, 2.75) is 13.8 Å². The molecule has 0 aliphatic rings. The zero-order valence-electron chi connectivity index (χ0n) is 12.1. The normalized spacial score (nSPS) is 12.5. The van der Waals surface area contributed by atoms with Gasteiger partial charge in [-0.15, -0.1) is 0 Å². The Morgan fingerprint density at radius 1 is 0.762 bits per heavy atom. The molecular weight excluding hydrogens is 264 g/mol. The predicted molar refractivity (Wildman–Crippen MR) is 85.5 cm³/mol. The number of hydrogen-bond donors (Lipinski definition) is 2. The van der Waals surface area contributed by atoms with Gasteiger partial charge in [0.2, 0.25) is 0 Å². The van der Waals surface area contributed by atoms with E-state index in [-0.39, 0.29) is 18.2 Å². The van der Waals surface area contributed by atoms with Crippen LogP contribution in [0.4, 0.5) is 0 Å². The van der Waals surface area contributed by atoms with Crippen LogP contribution in [0.15, 0.2) is 58.5 Å². The summed E-state index contributed by atoms with van der Waals surface area (Å²) >= 11 is 0. The summed E-state index contributed by atoms with van der Waals surface area (Å²) in [5, 5.41) is 19.5. The van der Waals surface area contributed by atoms with Crippen molar-refractivity contribution < 1.29 is 10.2 Å². The van der Waals surface area contributed by atoms with Gasteiger partial charge in [-0.3, -0.25) is 9.98 Å². The Hall–Kier alpha value is -2.62. The van der Waals surface area contributed by atoms with Gasteiger partial charge in [-0.25, -0.2) is 0 Å². The second-order valence-electron chi connectivity index (χ2n) is 4.66. The van der Waals surface area contributed by atoms with Crippen molar-refractivity contribution in [1.82, 2.24) is 0 Å². The number of rotatable bonds is 4. The molecule has 0 radical (unpaired) electrons. The van der Waals surface area contributed by atoms with Crippen molar-refractivity contribution in [3.05, 3.63) is 59.7 Å². The van der Waals surface area contributed by atoms with Gasteiger partial charge in [-0.2, -0.15) is 0 Å². The van der Waals surface area contributed by atoms with Crippen LogP contribution >= 0.6 is 0 Å². The first kappa shape index (κ1) is 14.8. The quantitative estimate of drug-likeness (QED) is 0.844. The summed E-state index contributed by atoms with van der Waals surface area (Å²) in [6.07, 6.45) is 0. The van der Waals surface area contributed by atoms with Crippen LogP contribution in [0, 0.1) is 0 Å². The van der Waals surface area contributed by atoms with Crippen molar-refractivity contribution in [3.63, 3.8) is 0 Å². The molecule has 2 aromatic rings. The molecule has 0 bridgehead atoms. The van der Waals surface area contributed by atoms with Crippen molar-refractivity contribution in [2.75, 3.05) is 6.67 Å². The molecule has 0 fully saturated rings. The lowest BCUT2D eigenvalue weighted by Gasteiger charge is -2.04. The molecule has 4 heteroatoms. The minimum absolute atomic E-state index is 0.208. The number of phenolic OH excluding ortho intramolecular Hbond substituents is 2. The Morgan fingerprint density at radius 3 is 1.52 bits per heavy atom. The number of nitrogens with zero attached hydrogens (tertiary/aromatic N) is 2. The molecule has 0 unspecified atom stereocenters. The molecule has 0 amide bonds. The largest absolute Gasteiger partial charge is 0.507 e. The second-order valence-corrected chi connectivity index (χ2v) is 4.66. The van der Waals surface area contributed by atoms with Gasteiger partial charge in [-0.05, 0) is 38.1 Å². The Balaban J connectivity index is 2.13. The molecule has 0 heterocycles. The summed E-state index contributed by atoms with van der Waals surface area (Å²) in [4.78, 5) is 8.68. The minimum Gasteiger partial charge on any atom is -0.507 e. The lowest BCUT2D eigenvalue weighted by Crippen LogP contribution is -1.99. The average molecular weight is 282 g/mol. The molecule has 2 N–H and O–H groups in total. The number of para-hydroxylation sites is 2. The van der Waals surface area contributed by atoms with E-state index in [1.165, 1.54) is 0 Å². The van der Waals surface area contributed by atoms with Crippen molar-refractivity contribution in [2.24, 2.45) is 9.98 Å². The monoisotopic (exact) mass is 282 g/mol. The van der Waals surface area contributed by atoms with E-state index >= 15 is 0 Å². The smallest absolute Gasteiger partial charge is 0.129 e. The molecular formula is C17H18N2O2. The van der Waals surface area contributed by atoms with Crippen LogP contribution in [0.2, 0.25) is 0 Å². The highest BCUT2D eigenvalue weighted by Crippen LogP contribution is 2.17. The zero-order valence-corrected chi connectivity index (χ0v) is 12.1. The Labute approximate surface area is 124 Å². The summed E-state index contributed by atoms with van der Waals surface area (Å²) in [5.41, 5.74) is 2.85. The van der Waals surface area contributed by atoms with Gasteiger partial charge in [0.1, 0.15) is 18.2 Å². The van der Waals surface area contributed by atoms with Crippen LogP contribution in [-0.4, -0.2) is 28.3 Å². The third kappa shape index (κ3) is 3.69. The fraction of sp³-hybridized carbons (Fsp3) is 0.176. The second kappa shape index (κ2) is 6.70. The van der Waals surface area contributed by atoms with Crippen molar-refractivity contribution in [1.29, 1.82) is 0 Å². The van der Waals surface area contributed by atoms with Crippen LogP contribution < -0.4 is 0 Å². The van der Waals surface area contributed by atoms with Crippen molar-refractivity contribution >= 4 is 11.4 Å². The highest BCUT2D eigenvalue weighted by atomic mass is 16.3. The molecule has 21 heavy (non-hydrogen) atoms. The highest BCUT2D eigenvalue weighted by molar-refractivity contribution is 6.02. The molecule has 0 spiro atoms. The topological polar surface area (TPSA) is 65.2 Å². The molecule has 0 saturated carbocycles. The number of hydrogen-bond acceptors (Lipinski definition) is 4. The first-order chi connectivity index (χ1) is 10.1. The zero-order chi connectivity index (χ0) is 15.2. The highest BCUT2D eigenvalue weighted by Gasteiger charge is 2.04. The van der Waals surface area contributed by atoms with Crippen LogP contribution in [0.25, 0.3) is 0 Å². The first-order valence-corrected chi connectivity index (χ1v) is 6.68. The van der Waals surface area contributed by atoms with E-state index in [1.807, 2.05) is 38.1 Å². The molecule has 4 nitrogen and oxygen atoms in total. The standard InChI is InChI=1S/C17H18N2O2/c1-12(14-7-3-5-9-16(14)20)18-11-19-13(2)15-8-4-6-10-17(15)21/h3-10,20-21H,11H2,1-2H3. The molecule has 0 atom stereocenters. The minimum atomic E-state index is 0.208. The van der Waals surface area contributed by atoms with E-state index in [0.29, 0.717) is 11.1 Å². The molecule has 0 aliphatic heterocycles. The summed E-state index contributed by atoms with van der Waals surface area (Å²) in [5.74, 6) is 0.417. The fourth-order valence-corrected chi connectivity index (χ4v) is 1.98. The maximum absolute atomic E-state index is 9.75. The summed E-state index contributed by atoms with van der Waals surface area (Å²) in [6, 6.07) is 14.1. The number of aromatic hydroxyl groups is 2. The van der Waals surface area contributed by atoms with E-state index in [4.69, 9.17) is 0 Å². The molecule has 0 saturated heterocycles. The van der Waals surface area contributed by atoms with Crippen LogP contribution in [0.5, 0.6) is 11.5 Å². The molecule has 0 aliphatic carbocycles. The van der Waals surface area contributed by atoms with Gasteiger partial charge in [0.25, 0.3) is 0 Å². The van der Waals surface area contributed by atoms with E-state index in [1.54, 1.807) is 24.3 Å². The summed E-state index contributed by atoms with van der Waals surface area (Å²) < 4.78 is 0. The third-order valence-corrected chi connectivity index (χ3v) is 3.20. The molecule has 2 aromatic carbocycles. The Bertz CT molecular complexity index is 631. The van der Waals surface area contributed by atoms with E-state index in [0.717, 1.165) is 11.4 Å². The molecule has 2 rings (SSSR count). The van der Waals surface area contributed by atoms with Gasteiger partial charge in [0, 0.05) is 22.6 Å². The van der Waals surface area contributed by atoms with E-state index in [9.17, 15) is 10.2 Å². The Kier molecular flexibility index (Phi) is 4.72. The molecule has 0 aromatic heterocycles. The fourth-order valence-electron chi connectivity index (χ4n) is 1.98. The van der Waals surface area contributed by atoms with E-state index in [2.05, 4.69) is 9.98 Å². The maximum atomic E-state index is 9.75. The van der Waals surface area contributed by atoms with Crippen LogP contribution in [-0.2, 0) is 0 Å². The van der Waals surface area contributed by atoms with Gasteiger partial charge in [-0.1, -0.05) is 24.3 Å². The molecule has 108 valence electrons. The first-order valence-electron chi connectivity index (χ1n) is 6.68. The Morgan fingerprint density at radius 2 is 1.14 bits per heavy atom. The van der Waals surface area contributed by atoms with Gasteiger partial charge in [0.15, 0.2) is 0 Å². The van der Waals surface area contributed by atoms with Crippen LogP contribution in [0.3, 0.4) is 0 Å². The SMILES string of the molecule is CC(=NCN=C(C)c1ccccc1O)c1ccccc1O. The van der Waals surface area contributed by atoms with Gasteiger partial charge in [0.05, 0.1) is 0 Å². The van der Waals surface area contributed by atoms with Crippen molar-refractivity contribution in [3.8, 4) is 11.5 Å². The number of aliphatic imine (C=N–C) groups is 2. The van der Waals surface area contributed by atoms with Crippen LogP contribution in [0.1, 0.15) is 25.0 Å². The maximum Gasteiger partial charge on any atom is 0.129 e. The number of phenols is 2. The lowest BCUT2D eigenvalue weighted by atomic mass is 10.1. The van der Waals surface area contributed by atoms with E-state index < -0.39 is 0 Å². The summed E-state index contributed by atoms with van der Waals surface area (Å²) in [6.45, 7) is 3.92. The third-order valence-electron chi connectivity index (χ3n) is 3.20. The average Bonchev–Trinajstić information content (AvgIpc) is 2.48. The van der Waals surface area contributed by atoms with Gasteiger partial charge < -0.3 is 10.2 Å².